The number of ketones is 1. The minimum atomic E-state index is -0.554. The predicted octanol–water partition coefficient (Wildman–Crippen LogP) is 2.79. The van der Waals surface area contributed by atoms with E-state index >= 15 is 0 Å². The number of carbonyl (C=O) groups is 1. The Hall–Kier alpha value is -3.98. The highest BCUT2D eigenvalue weighted by Gasteiger charge is 2.17. The molecule has 0 saturated carbocycles. The first kappa shape index (κ1) is 24.2. The average molecular weight is 473 g/mol. The summed E-state index contributed by atoms with van der Waals surface area (Å²) in [7, 11) is 2.01. The second-order valence-corrected chi connectivity index (χ2v) is 8.96. The van der Waals surface area contributed by atoms with Crippen molar-refractivity contribution in [3.05, 3.63) is 76.6 Å². The van der Waals surface area contributed by atoms with Crippen LogP contribution in [0.3, 0.4) is 0 Å². The number of aryl methyl sites for hydroxylation is 2. The average Bonchev–Trinajstić information content (AvgIpc) is 3.28. The third kappa shape index (κ3) is 5.09. The Balaban J connectivity index is 1.54. The van der Waals surface area contributed by atoms with Crippen LogP contribution < -0.4 is 16.8 Å². The number of rotatable bonds is 9. The number of amidine groups is 1. The molecule has 0 bridgehead atoms. The van der Waals surface area contributed by atoms with Gasteiger partial charge in [0, 0.05) is 37.0 Å². The summed E-state index contributed by atoms with van der Waals surface area (Å²) < 4.78 is 4.22. The zero-order valence-electron chi connectivity index (χ0n) is 20.6. The first-order valence-corrected chi connectivity index (χ1v) is 11.5. The van der Waals surface area contributed by atoms with Gasteiger partial charge in [-0.05, 0) is 62.7 Å². The SMILES string of the molecule is CC(=O)C(N)Cc1nc(C)c(C)n1Cc1ccc2c(c1)nc(CNc1ccc(C(=N)N)cc1)n2C. The molecule has 4 aromatic rings. The molecule has 2 aromatic heterocycles. The molecule has 0 aliphatic heterocycles. The Morgan fingerprint density at radius 1 is 1.11 bits per heavy atom. The number of benzene rings is 2. The van der Waals surface area contributed by atoms with Crippen LogP contribution >= 0.6 is 0 Å². The first-order valence-electron chi connectivity index (χ1n) is 11.5. The van der Waals surface area contributed by atoms with E-state index < -0.39 is 6.04 Å². The van der Waals surface area contributed by atoms with E-state index in [-0.39, 0.29) is 11.6 Å². The molecule has 1 unspecified atom stereocenters. The summed E-state index contributed by atoms with van der Waals surface area (Å²) in [6.07, 6.45) is 0.416. The molecule has 0 saturated heterocycles. The molecule has 9 nitrogen and oxygen atoms in total. The van der Waals surface area contributed by atoms with Gasteiger partial charge in [-0.1, -0.05) is 6.07 Å². The molecule has 0 amide bonds. The van der Waals surface area contributed by atoms with Gasteiger partial charge in [-0.3, -0.25) is 10.2 Å². The smallest absolute Gasteiger partial charge is 0.146 e. The molecule has 2 heterocycles. The number of imidazole rings is 2. The van der Waals surface area contributed by atoms with Crippen molar-refractivity contribution < 1.29 is 4.79 Å². The van der Waals surface area contributed by atoms with E-state index in [9.17, 15) is 4.79 Å². The molecule has 9 heteroatoms. The van der Waals surface area contributed by atoms with Gasteiger partial charge in [0.2, 0.25) is 0 Å². The van der Waals surface area contributed by atoms with E-state index in [2.05, 4.69) is 37.6 Å². The Morgan fingerprint density at radius 3 is 2.49 bits per heavy atom. The lowest BCUT2D eigenvalue weighted by Crippen LogP contribution is -2.32. The Kier molecular flexibility index (Phi) is 6.70. The summed E-state index contributed by atoms with van der Waals surface area (Å²) in [5.74, 6) is 1.75. The number of anilines is 1. The zero-order valence-corrected chi connectivity index (χ0v) is 20.6. The molecule has 6 N–H and O–H groups in total. The number of aromatic nitrogens is 4. The molecule has 0 spiro atoms. The fourth-order valence-electron chi connectivity index (χ4n) is 4.11. The van der Waals surface area contributed by atoms with Gasteiger partial charge in [0.05, 0.1) is 29.3 Å². The number of carbonyl (C=O) groups excluding carboxylic acids is 1. The Morgan fingerprint density at radius 2 is 1.83 bits per heavy atom. The summed E-state index contributed by atoms with van der Waals surface area (Å²) in [5.41, 5.74) is 18.3. The van der Waals surface area contributed by atoms with Crippen molar-refractivity contribution in [2.75, 3.05) is 5.32 Å². The van der Waals surface area contributed by atoms with Gasteiger partial charge in [0.15, 0.2) is 0 Å². The fourth-order valence-corrected chi connectivity index (χ4v) is 4.11. The molecule has 0 radical (unpaired) electrons. The molecule has 182 valence electrons. The van der Waals surface area contributed by atoms with Crippen LogP contribution in [0.25, 0.3) is 11.0 Å². The summed E-state index contributed by atoms with van der Waals surface area (Å²) in [6.45, 7) is 6.73. The van der Waals surface area contributed by atoms with Crippen LogP contribution in [0.1, 0.15) is 41.1 Å². The number of hydrogen-bond donors (Lipinski definition) is 4. The normalized spacial score (nSPS) is 12.1. The van der Waals surface area contributed by atoms with Crippen molar-refractivity contribution in [3.63, 3.8) is 0 Å². The predicted molar refractivity (Wildman–Crippen MR) is 139 cm³/mol. The highest BCUT2D eigenvalue weighted by atomic mass is 16.1. The molecular weight excluding hydrogens is 440 g/mol. The van der Waals surface area contributed by atoms with Crippen LogP contribution in [0.15, 0.2) is 42.5 Å². The summed E-state index contributed by atoms with van der Waals surface area (Å²) in [6, 6.07) is 13.2. The van der Waals surface area contributed by atoms with Crippen molar-refractivity contribution >= 4 is 28.3 Å². The first-order chi connectivity index (χ1) is 16.6. The van der Waals surface area contributed by atoms with E-state index in [0.29, 0.717) is 25.1 Å². The number of nitrogens with zero attached hydrogens (tertiary/aromatic N) is 4. The summed E-state index contributed by atoms with van der Waals surface area (Å²) in [4.78, 5) is 21.2. The third-order valence-corrected chi connectivity index (χ3v) is 6.49. The lowest BCUT2D eigenvalue weighted by Gasteiger charge is -2.13. The van der Waals surface area contributed by atoms with E-state index in [1.54, 1.807) is 0 Å². The summed E-state index contributed by atoms with van der Waals surface area (Å²) >= 11 is 0. The third-order valence-electron chi connectivity index (χ3n) is 6.49. The van der Waals surface area contributed by atoms with Gasteiger partial charge in [-0.2, -0.15) is 0 Å². The van der Waals surface area contributed by atoms with Crippen molar-refractivity contribution in [2.45, 2.75) is 46.3 Å². The van der Waals surface area contributed by atoms with E-state index in [0.717, 1.165) is 45.3 Å². The maximum absolute atomic E-state index is 11.7. The van der Waals surface area contributed by atoms with Crippen molar-refractivity contribution in [1.82, 2.24) is 19.1 Å². The number of fused-ring (bicyclic) bond motifs is 1. The number of nitrogens with one attached hydrogen (secondary N) is 2. The maximum atomic E-state index is 11.7. The van der Waals surface area contributed by atoms with Crippen molar-refractivity contribution in [2.24, 2.45) is 18.5 Å². The lowest BCUT2D eigenvalue weighted by atomic mass is 10.1. The fraction of sp³-hybridized carbons (Fsp3) is 0.308. The summed E-state index contributed by atoms with van der Waals surface area (Å²) in [5, 5.41) is 10.9. The van der Waals surface area contributed by atoms with Crippen LogP contribution in [-0.4, -0.2) is 36.8 Å². The molecule has 1 atom stereocenters. The number of Topliss-reactive ketones (excluding diaryl/α,β-unsaturated/α-hetero) is 1. The van der Waals surface area contributed by atoms with Gasteiger partial charge in [0.25, 0.3) is 0 Å². The zero-order chi connectivity index (χ0) is 25.3. The number of nitrogens with two attached hydrogens (primary N) is 2. The van der Waals surface area contributed by atoms with Crippen LogP contribution in [0.5, 0.6) is 0 Å². The highest BCUT2D eigenvalue weighted by molar-refractivity contribution is 5.95. The Bertz CT molecular complexity index is 1400. The van der Waals surface area contributed by atoms with Crippen molar-refractivity contribution in [1.29, 1.82) is 5.41 Å². The minimum Gasteiger partial charge on any atom is -0.384 e. The quantitative estimate of drug-likeness (QED) is 0.218. The molecule has 35 heavy (non-hydrogen) atoms. The van der Waals surface area contributed by atoms with Gasteiger partial charge in [-0.25, -0.2) is 9.97 Å². The molecule has 2 aromatic carbocycles. The van der Waals surface area contributed by atoms with E-state index in [1.807, 2.05) is 45.2 Å². The van der Waals surface area contributed by atoms with Crippen LogP contribution in [0, 0.1) is 19.3 Å². The van der Waals surface area contributed by atoms with Gasteiger partial charge >= 0.3 is 0 Å². The molecule has 0 aliphatic rings. The molecule has 0 aliphatic carbocycles. The maximum Gasteiger partial charge on any atom is 0.146 e. The highest BCUT2D eigenvalue weighted by Crippen LogP contribution is 2.21. The monoisotopic (exact) mass is 472 g/mol. The van der Waals surface area contributed by atoms with Crippen molar-refractivity contribution in [3.8, 4) is 0 Å². The molecule has 0 fully saturated rings. The lowest BCUT2D eigenvalue weighted by molar-refractivity contribution is -0.118. The van der Waals surface area contributed by atoms with E-state index in [1.165, 1.54) is 6.92 Å². The topological polar surface area (TPSA) is 141 Å². The number of nitrogen functional groups attached to an aromatic ring is 1. The minimum absolute atomic E-state index is 0.0410. The largest absolute Gasteiger partial charge is 0.384 e. The Labute approximate surface area is 204 Å². The standard InChI is InChI=1S/C26H32N8O/c1-15-16(2)34(24(31-15)12-21(27)17(3)35)14-18-5-10-23-22(11-18)32-25(33(23)4)13-30-20-8-6-19(7-9-20)26(28)29/h5-11,21,30H,12-14,27H2,1-4H3,(H3,28,29). The number of hydrogen-bond acceptors (Lipinski definition) is 6. The second kappa shape index (κ2) is 9.71. The molecule has 4 rings (SSSR count). The van der Waals surface area contributed by atoms with Gasteiger partial charge < -0.3 is 25.9 Å². The van der Waals surface area contributed by atoms with Gasteiger partial charge in [-0.15, -0.1) is 0 Å². The van der Waals surface area contributed by atoms with E-state index in [4.69, 9.17) is 21.9 Å². The second-order valence-electron chi connectivity index (χ2n) is 8.96. The van der Waals surface area contributed by atoms with Crippen LogP contribution in [0.2, 0.25) is 0 Å². The van der Waals surface area contributed by atoms with Crippen LogP contribution in [-0.2, 0) is 31.4 Å². The van der Waals surface area contributed by atoms with Crippen LogP contribution in [0.4, 0.5) is 5.69 Å². The molecular formula is C26H32N8O. The van der Waals surface area contributed by atoms with Gasteiger partial charge in [0.1, 0.15) is 23.3 Å².